The largest absolute Gasteiger partial charge is 0.394 e. The Labute approximate surface area is 226 Å². The van der Waals surface area contributed by atoms with E-state index in [0.29, 0.717) is 11.4 Å². The molecule has 0 spiro atoms. The van der Waals surface area contributed by atoms with Crippen molar-refractivity contribution in [1.82, 2.24) is 20.0 Å². The van der Waals surface area contributed by atoms with Gasteiger partial charge in [-0.25, -0.2) is 0 Å². The second-order valence-corrected chi connectivity index (χ2v) is 10.6. The van der Waals surface area contributed by atoms with Crippen molar-refractivity contribution in [3.8, 4) is 0 Å². The van der Waals surface area contributed by atoms with Gasteiger partial charge < -0.3 is 15.5 Å². The third-order valence-electron chi connectivity index (χ3n) is 6.91. The molecule has 1 aliphatic heterocycles. The number of aliphatic hydroxyl groups is 2. The number of thiophene rings is 1. The Kier molecular flexibility index (Phi) is 8.31. The molecule has 8 nitrogen and oxygen atoms in total. The topological polar surface area (TPSA) is 105 Å². The molecule has 38 heavy (non-hydrogen) atoms. The van der Waals surface area contributed by atoms with Gasteiger partial charge in [0.05, 0.1) is 28.8 Å². The number of carbonyl (C=O) groups is 1. The molecule has 2 aromatic heterocycles. The van der Waals surface area contributed by atoms with Gasteiger partial charge in [-0.15, -0.1) is 11.3 Å². The summed E-state index contributed by atoms with van der Waals surface area (Å²) < 4.78 is 0. The standard InChI is InChI=1S/C29H33N5O3S/c1-20-10-15-38-28(20)29(37)30-27-16-21(17-33-11-13-34(14-12-33)18-23(36)19-35)6-7-22(27)8-9-26-24-4-2-3-5-25(24)31-32-26/h2-10,15-16,23,35-36H,11-14,17-19H2,1H3,(H,30,37)(H,31,32)/t23-/m0/s1. The SMILES string of the molecule is Cc1ccsc1C(=O)Nc1cc(CN2CCN(C[C@H](O)CO)CC2)ccc1C=Cc1n[nH]c2ccccc12. The van der Waals surface area contributed by atoms with Crippen LogP contribution in [0.15, 0.2) is 53.9 Å². The van der Waals surface area contributed by atoms with E-state index in [1.54, 1.807) is 0 Å². The number of aromatic amines is 1. The molecule has 4 aromatic rings. The van der Waals surface area contributed by atoms with Crippen LogP contribution >= 0.6 is 11.3 Å². The van der Waals surface area contributed by atoms with E-state index in [1.165, 1.54) is 11.3 Å². The van der Waals surface area contributed by atoms with Crippen molar-refractivity contribution in [2.24, 2.45) is 0 Å². The summed E-state index contributed by atoms with van der Waals surface area (Å²) in [6, 6.07) is 16.2. The quantitative estimate of drug-likeness (QED) is 0.262. The number of β-amino-alcohol motifs (C(OH)–C–C–N with tert-alkyl or cyclic N) is 1. The van der Waals surface area contributed by atoms with E-state index in [-0.39, 0.29) is 12.5 Å². The van der Waals surface area contributed by atoms with Gasteiger partial charge >= 0.3 is 0 Å². The molecule has 1 fully saturated rings. The number of piperazine rings is 1. The number of amides is 1. The van der Waals surface area contributed by atoms with Crippen molar-refractivity contribution in [2.45, 2.75) is 19.6 Å². The Morgan fingerprint density at radius 3 is 2.68 bits per heavy atom. The van der Waals surface area contributed by atoms with Crippen molar-refractivity contribution >= 4 is 46.0 Å². The van der Waals surface area contributed by atoms with Crippen LogP contribution in [0.25, 0.3) is 23.1 Å². The highest BCUT2D eigenvalue weighted by molar-refractivity contribution is 7.12. The lowest BCUT2D eigenvalue weighted by Crippen LogP contribution is -2.48. The summed E-state index contributed by atoms with van der Waals surface area (Å²) in [6.07, 6.45) is 3.27. The zero-order chi connectivity index (χ0) is 26.5. The number of aromatic nitrogens is 2. The van der Waals surface area contributed by atoms with Crippen molar-refractivity contribution in [2.75, 3.05) is 44.6 Å². The van der Waals surface area contributed by atoms with Gasteiger partial charge in [-0.2, -0.15) is 5.10 Å². The molecule has 9 heteroatoms. The smallest absolute Gasteiger partial charge is 0.266 e. The number of hydrogen-bond donors (Lipinski definition) is 4. The van der Waals surface area contributed by atoms with Crippen LogP contribution in [0.4, 0.5) is 5.69 Å². The van der Waals surface area contributed by atoms with Crippen molar-refractivity contribution in [1.29, 1.82) is 0 Å². The second-order valence-electron chi connectivity index (χ2n) is 9.71. The van der Waals surface area contributed by atoms with Gasteiger partial charge in [-0.1, -0.05) is 36.4 Å². The highest BCUT2D eigenvalue weighted by Crippen LogP contribution is 2.25. The number of anilines is 1. The van der Waals surface area contributed by atoms with E-state index >= 15 is 0 Å². The van der Waals surface area contributed by atoms with Crippen molar-refractivity contribution in [3.05, 3.63) is 81.2 Å². The monoisotopic (exact) mass is 531 g/mol. The molecule has 1 atom stereocenters. The molecule has 198 valence electrons. The number of carbonyl (C=O) groups excluding carboxylic acids is 1. The molecule has 1 saturated heterocycles. The lowest BCUT2D eigenvalue weighted by molar-refractivity contribution is 0.0383. The molecular weight excluding hydrogens is 498 g/mol. The van der Waals surface area contributed by atoms with Crippen LogP contribution in [-0.4, -0.2) is 81.6 Å². The molecular formula is C29H33N5O3S. The number of rotatable bonds is 9. The number of aliphatic hydroxyl groups excluding tert-OH is 2. The van der Waals surface area contributed by atoms with E-state index in [0.717, 1.165) is 71.7 Å². The van der Waals surface area contributed by atoms with Gasteiger partial charge in [0.1, 0.15) is 0 Å². The number of nitrogens with zero attached hydrogens (tertiary/aromatic N) is 3. The van der Waals surface area contributed by atoms with Gasteiger partial charge in [0.2, 0.25) is 0 Å². The lowest BCUT2D eigenvalue weighted by atomic mass is 10.1. The van der Waals surface area contributed by atoms with Gasteiger partial charge in [0.25, 0.3) is 5.91 Å². The number of fused-ring (bicyclic) bond motifs is 1. The maximum atomic E-state index is 13.1. The zero-order valence-corrected chi connectivity index (χ0v) is 22.2. The minimum atomic E-state index is -0.695. The van der Waals surface area contributed by atoms with Gasteiger partial charge in [0, 0.05) is 50.3 Å². The van der Waals surface area contributed by atoms with Crippen LogP contribution in [0.3, 0.4) is 0 Å². The average Bonchev–Trinajstić information content (AvgIpc) is 3.55. The lowest BCUT2D eigenvalue weighted by Gasteiger charge is -2.35. The third-order valence-corrected chi connectivity index (χ3v) is 7.92. The maximum Gasteiger partial charge on any atom is 0.266 e. The Hall–Kier alpha value is -3.34. The van der Waals surface area contributed by atoms with Crippen LogP contribution in [-0.2, 0) is 6.54 Å². The minimum absolute atomic E-state index is 0.106. The Balaban J connectivity index is 1.35. The molecule has 1 amide bonds. The van der Waals surface area contributed by atoms with Crippen LogP contribution < -0.4 is 5.32 Å². The molecule has 2 aromatic carbocycles. The van der Waals surface area contributed by atoms with E-state index in [4.69, 9.17) is 5.11 Å². The van der Waals surface area contributed by atoms with Crippen LogP contribution in [0.5, 0.6) is 0 Å². The predicted molar refractivity (Wildman–Crippen MR) is 153 cm³/mol. The van der Waals surface area contributed by atoms with Gasteiger partial charge in [-0.05, 0) is 53.3 Å². The number of H-pyrrole nitrogens is 1. The summed E-state index contributed by atoms with van der Waals surface area (Å²) in [4.78, 5) is 18.4. The Morgan fingerprint density at radius 1 is 1.13 bits per heavy atom. The molecule has 0 radical (unpaired) electrons. The summed E-state index contributed by atoms with van der Waals surface area (Å²) >= 11 is 1.44. The van der Waals surface area contributed by atoms with Crippen molar-refractivity contribution in [3.63, 3.8) is 0 Å². The molecule has 0 saturated carbocycles. The summed E-state index contributed by atoms with van der Waals surface area (Å²) in [6.45, 7) is 6.44. The number of aryl methyl sites for hydroxylation is 1. The van der Waals surface area contributed by atoms with Gasteiger partial charge in [0.15, 0.2) is 0 Å². The Bertz CT molecular complexity index is 1420. The first-order valence-corrected chi connectivity index (χ1v) is 13.7. The number of para-hydroxylation sites is 1. The normalized spacial score (nSPS) is 15.9. The van der Waals surface area contributed by atoms with Crippen LogP contribution in [0.1, 0.15) is 32.1 Å². The number of hydrogen-bond acceptors (Lipinski definition) is 7. The fourth-order valence-corrected chi connectivity index (χ4v) is 5.58. The third kappa shape index (κ3) is 6.20. The highest BCUT2D eigenvalue weighted by atomic mass is 32.1. The molecule has 3 heterocycles. The number of nitrogens with one attached hydrogen (secondary N) is 2. The molecule has 0 bridgehead atoms. The summed E-state index contributed by atoms with van der Waals surface area (Å²) in [5.41, 5.74) is 5.59. The Morgan fingerprint density at radius 2 is 1.92 bits per heavy atom. The minimum Gasteiger partial charge on any atom is -0.394 e. The van der Waals surface area contributed by atoms with Crippen LogP contribution in [0, 0.1) is 6.92 Å². The first kappa shape index (κ1) is 26.3. The van der Waals surface area contributed by atoms with E-state index in [9.17, 15) is 9.90 Å². The van der Waals surface area contributed by atoms with E-state index in [1.807, 2.05) is 60.9 Å². The molecule has 5 rings (SSSR count). The molecule has 4 N–H and O–H groups in total. The fraction of sp³-hybridized carbons (Fsp3) is 0.310. The van der Waals surface area contributed by atoms with Crippen LogP contribution in [0.2, 0.25) is 0 Å². The first-order valence-electron chi connectivity index (χ1n) is 12.8. The fourth-order valence-electron chi connectivity index (χ4n) is 4.76. The average molecular weight is 532 g/mol. The zero-order valence-electron chi connectivity index (χ0n) is 21.4. The van der Waals surface area contributed by atoms with E-state index < -0.39 is 6.10 Å². The second kappa shape index (κ2) is 12.0. The summed E-state index contributed by atoms with van der Waals surface area (Å²) in [7, 11) is 0. The first-order chi connectivity index (χ1) is 18.5. The summed E-state index contributed by atoms with van der Waals surface area (Å²) in [5, 5.41) is 32.5. The predicted octanol–water partition coefficient (Wildman–Crippen LogP) is 3.83. The number of benzene rings is 2. The molecule has 1 aliphatic rings. The highest BCUT2D eigenvalue weighted by Gasteiger charge is 2.20. The molecule has 0 aliphatic carbocycles. The maximum absolute atomic E-state index is 13.1. The summed E-state index contributed by atoms with van der Waals surface area (Å²) in [5.74, 6) is -0.106. The molecule has 0 unspecified atom stereocenters. The van der Waals surface area contributed by atoms with Gasteiger partial charge in [-0.3, -0.25) is 19.7 Å². The van der Waals surface area contributed by atoms with Crippen molar-refractivity contribution < 1.29 is 15.0 Å². The van der Waals surface area contributed by atoms with E-state index in [2.05, 4.69) is 37.4 Å².